The number of hydrogen-bond donors (Lipinski definition) is 2. The third kappa shape index (κ3) is 8.08. The highest BCUT2D eigenvalue weighted by atomic mass is 32.2. The summed E-state index contributed by atoms with van der Waals surface area (Å²) in [6.45, 7) is 16.7. The van der Waals surface area contributed by atoms with Gasteiger partial charge in [0, 0.05) is 23.2 Å². The van der Waals surface area contributed by atoms with Gasteiger partial charge < -0.3 is 15.0 Å². The van der Waals surface area contributed by atoms with Crippen LogP contribution in [0.4, 0.5) is 11.6 Å². The Hall–Kier alpha value is -4.51. The van der Waals surface area contributed by atoms with E-state index >= 15 is 0 Å². The highest BCUT2D eigenvalue weighted by molar-refractivity contribution is 7.92. The zero-order chi connectivity index (χ0) is 34.1. The number of nitrogens with one attached hydrogen (secondary N) is 2. The van der Waals surface area contributed by atoms with E-state index in [1.165, 1.54) is 12.1 Å². The molecule has 3 heterocycles. The second-order valence-electron chi connectivity index (χ2n) is 13.8. The number of benzene rings is 2. The van der Waals surface area contributed by atoms with Crippen molar-refractivity contribution < 1.29 is 17.9 Å². The largest absolute Gasteiger partial charge is 0.475 e. The lowest BCUT2D eigenvalue weighted by Crippen LogP contribution is -2.45. The van der Waals surface area contributed by atoms with Crippen molar-refractivity contribution in [1.82, 2.24) is 19.9 Å². The molecule has 4 aromatic rings. The summed E-state index contributed by atoms with van der Waals surface area (Å²) < 4.78 is 36.2. The molecule has 0 fully saturated rings. The third-order valence-corrected chi connectivity index (χ3v) is 9.32. The average molecular weight is 657 g/mol. The molecule has 4 bridgehead atoms. The molecular weight excluding hydrogens is 613 g/mol. The predicted octanol–water partition coefficient (Wildman–Crippen LogP) is 6.92. The number of pyridine rings is 1. The molecule has 0 saturated carbocycles. The Morgan fingerprint density at radius 1 is 1.00 bits per heavy atom. The predicted molar refractivity (Wildman–Crippen MR) is 185 cm³/mol. The molecule has 47 heavy (non-hydrogen) atoms. The SMILES string of the molecule is Cc1cc(NC(C)C)cnc1CN1C(=O)c2cccc(c2)S(=O)(=O)Nc2nc(cc(-c3c(C)cccc3C)n2)OC[C@H]1CC(C)(C)C. The molecule has 10 nitrogen and oxygen atoms in total. The van der Waals surface area contributed by atoms with Gasteiger partial charge in [0.2, 0.25) is 11.8 Å². The summed E-state index contributed by atoms with van der Waals surface area (Å²) in [4.78, 5) is 29.9. The number of carbonyl (C=O) groups excluding carboxylic acids is 1. The van der Waals surface area contributed by atoms with Gasteiger partial charge in [-0.3, -0.25) is 9.78 Å². The van der Waals surface area contributed by atoms with Gasteiger partial charge in [0.05, 0.1) is 40.8 Å². The Morgan fingerprint density at radius 3 is 2.36 bits per heavy atom. The first-order valence-corrected chi connectivity index (χ1v) is 17.3. The molecular formula is C36H44N6O4S. The first-order valence-electron chi connectivity index (χ1n) is 15.8. The number of aromatic nitrogens is 3. The van der Waals surface area contributed by atoms with Crippen molar-refractivity contribution in [2.24, 2.45) is 5.41 Å². The van der Waals surface area contributed by atoms with E-state index in [4.69, 9.17) is 9.72 Å². The maximum Gasteiger partial charge on any atom is 0.264 e. The molecule has 1 aliphatic heterocycles. The zero-order valence-electron chi connectivity index (χ0n) is 28.4. The van der Waals surface area contributed by atoms with E-state index in [9.17, 15) is 13.2 Å². The smallest absolute Gasteiger partial charge is 0.264 e. The zero-order valence-corrected chi connectivity index (χ0v) is 29.2. The summed E-state index contributed by atoms with van der Waals surface area (Å²) in [5.41, 5.74) is 5.99. The number of ether oxygens (including phenoxy) is 1. The summed E-state index contributed by atoms with van der Waals surface area (Å²) in [6, 6.07) is 15.6. The number of nitrogens with zero attached hydrogens (tertiary/aromatic N) is 4. The third-order valence-electron chi connectivity index (χ3n) is 7.99. The average Bonchev–Trinajstić information content (AvgIpc) is 2.97. The Bertz CT molecular complexity index is 1880. The van der Waals surface area contributed by atoms with Crippen LogP contribution in [0.3, 0.4) is 0 Å². The van der Waals surface area contributed by atoms with Gasteiger partial charge in [-0.05, 0) is 87.4 Å². The van der Waals surface area contributed by atoms with Crippen LogP contribution in [0, 0.1) is 26.2 Å². The van der Waals surface area contributed by atoms with Crippen molar-refractivity contribution in [3.63, 3.8) is 0 Å². The van der Waals surface area contributed by atoms with Crippen molar-refractivity contribution >= 4 is 27.6 Å². The fraction of sp³-hybridized carbons (Fsp3) is 0.389. The molecule has 2 N–H and O–H groups in total. The highest BCUT2D eigenvalue weighted by Gasteiger charge is 2.32. The number of hydrogen-bond acceptors (Lipinski definition) is 8. The maximum absolute atomic E-state index is 14.4. The van der Waals surface area contributed by atoms with E-state index in [1.807, 2.05) is 45.0 Å². The summed E-state index contributed by atoms with van der Waals surface area (Å²) in [6.07, 6.45) is 2.38. The van der Waals surface area contributed by atoms with Crippen LogP contribution in [0.2, 0.25) is 0 Å². The van der Waals surface area contributed by atoms with Crippen molar-refractivity contribution in [2.45, 2.75) is 85.3 Å². The first-order chi connectivity index (χ1) is 22.1. The van der Waals surface area contributed by atoms with Crippen molar-refractivity contribution in [3.05, 3.63) is 88.7 Å². The number of carbonyl (C=O) groups is 1. The van der Waals surface area contributed by atoms with Crippen LogP contribution in [0.15, 0.2) is 65.7 Å². The van der Waals surface area contributed by atoms with Gasteiger partial charge in [0.25, 0.3) is 15.9 Å². The Morgan fingerprint density at radius 2 is 1.70 bits per heavy atom. The fourth-order valence-electron chi connectivity index (χ4n) is 5.89. The Balaban J connectivity index is 1.66. The molecule has 11 heteroatoms. The monoisotopic (exact) mass is 656 g/mol. The molecule has 1 atom stereocenters. The number of aryl methyl sites for hydroxylation is 3. The Labute approximate surface area is 278 Å². The number of anilines is 2. The molecule has 0 saturated heterocycles. The second-order valence-corrected chi connectivity index (χ2v) is 15.4. The van der Waals surface area contributed by atoms with Gasteiger partial charge in [-0.2, -0.15) is 4.98 Å². The summed E-state index contributed by atoms with van der Waals surface area (Å²) in [5, 5.41) is 3.38. The van der Waals surface area contributed by atoms with Crippen molar-refractivity contribution in [3.8, 4) is 17.1 Å². The van der Waals surface area contributed by atoms with Crippen LogP contribution >= 0.6 is 0 Å². The van der Waals surface area contributed by atoms with E-state index in [0.29, 0.717) is 12.1 Å². The fourth-order valence-corrected chi connectivity index (χ4v) is 6.88. The van der Waals surface area contributed by atoms with Gasteiger partial charge in [-0.1, -0.05) is 45.0 Å². The molecule has 0 aliphatic carbocycles. The molecule has 2 aromatic heterocycles. The molecule has 248 valence electrons. The van der Waals surface area contributed by atoms with Gasteiger partial charge in [-0.25, -0.2) is 18.1 Å². The van der Waals surface area contributed by atoms with Crippen LogP contribution in [0.25, 0.3) is 11.3 Å². The minimum absolute atomic E-state index is 0.0723. The summed E-state index contributed by atoms with van der Waals surface area (Å²) in [7, 11) is -4.16. The van der Waals surface area contributed by atoms with Gasteiger partial charge in [-0.15, -0.1) is 0 Å². The minimum Gasteiger partial charge on any atom is -0.475 e. The molecule has 0 radical (unpaired) electrons. The molecule has 5 rings (SSSR count). The topological polar surface area (TPSA) is 126 Å². The number of sulfonamides is 1. The lowest BCUT2D eigenvalue weighted by molar-refractivity contribution is 0.0509. The summed E-state index contributed by atoms with van der Waals surface area (Å²) >= 11 is 0. The molecule has 2 aromatic carbocycles. The van der Waals surface area contributed by atoms with Crippen LogP contribution in [0.1, 0.15) is 73.8 Å². The van der Waals surface area contributed by atoms with Gasteiger partial charge in [0.15, 0.2) is 0 Å². The standard InChI is InChI=1S/C36H44N6O4S/c1-22(2)38-27-15-25(5)31(37-19-27)20-42-28(18-36(6,7)8)21-46-32-17-30(33-23(3)11-9-12-24(33)4)39-35(40-32)41-47(44,45)29-14-10-13-26(16-29)34(42)43/h9-17,19,22,28,38H,18,20-21H2,1-8H3,(H,39,40,41)/t28-/m1/s1. The molecule has 1 amide bonds. The van der Waals surface area contributed by atoms with Crippen LogP contribution in [-0.2, 0) is 16.6 Å². The lowest BCUT2D eigenvalue weighted by Gasteiger charge is -2.36. The van der Waals surface area contributed by atoms with E-state index in [0.717, 1.165) is 33.6 Å². The molecule has 1 aliphatic rings. The summed E-state index contributed by atoms with van der Waals surface area (Å²) in [5.74, 6) is -0.236. The normalized spacial score (nSPS) is 16.4. The van der Waals surface area contributed by atoms with E-state index in [2.05, 4.69) is 54.6 Å². The highest BCUT2D eigenvalue weighted by Crippen LogP contribution is 2.32. The number of amides is 1. The minimum atomic E-state index is -4.16. The molecule has 0 unspecified atom stereocenters. The van der Waals surface area contributed by atoms with Crippen molar-refractivity contribution in [1.29, 1.82) is 0 Å². The maximum atomic E-state index is 14.4. The van der Waals surface area contributed by atoms with Gasteiger partial charge >= 0.3 is 0 Å². The van der Waals surface area contributed by atoms with E-state index in [-0.39, 0.29) is 52.8 Å². The first kappa shape index (κ1) is 33.8. The van der Waals surface area contributed by atoms with Crippen molar-refractivity contribution in [2.75, 3.05) is 16.6 Å². The van der Waals surface area contributed by atoms with E-state index in [1.54, 1.807) is 29.3 Å². The van der Waals surface area contributed by atoms with Crippen LogP contribution in [-0.4, -0.2) is 52.9 Å². The molecule has 0 spiro atoms. The number of rotatable bonds is 6. The second kappa shape index (κ2) is 13.3. The Kier molecular flexibility index (Phi) is 9.58. The van der Waals surface area contributed by atoms with Crippen LogP contribution < -0.4 is 14.8 Å². The van der Waals surface area contributed by atoms with E-state index < -0.39 is 16.1 Å². The number of fused-ring (bicyclic) bond motifs is 4. The van der Waals surface area contributed by atoms with Crippen LogP contribution in [0.5, 0.6) is 5.88 Å². The quantitative estimate of drug-likeness (QED) is 0.229. The van der Waals surface area contributed by atoms with Gasteiger partial charge in [0.1, 0.15) is 6.61 Å². The lowest BCUT2D eigenvalue weighted by atomic mass is 9.87.